The molecule has 0 fully saturated rings. The third-order valence-corrected chi connectivity index (χ3v) is 3.77. The van der Waals surface area contributed by atoms with Crippen LogP contribution in [0.1, 0.15) is 21.5 Å². The second-order valence-corrected chi connectivity index (χ2v) is 5.80. The Hall–Kier alpha value is -3.23. The van der Waals surface area contributed by atoms with Crippen LogP contribution in [0.4, 0.5) is 13.2 Å². The summed E-state index contributed by atoms with van der Waals surface area (Å²) in [5, 5.41) is 11.7. The first-order valence-corrected chi connectivity index (χ1v) is 8.19. The molecule has 2 rings (SSSR count). The van der Waals surface area contributed by atoms with E-state index in [0.717, 1.165) is 17.7 Å². The number of carboxylic acids is 1. The van der Waals surface area contributed by atoms with Crippen molar-refractivity contribution < 1.29 is 37.3 Å². The highest BCUT2D eigenvalue weighted by Gasteiger charge is 2.30. The summed E-state index contributed by atoms with van der Waals surface area (Å²) in [5.41, 5.74) is 1.37. The zero-order chi connectivity index (χ0) is 20.7. The normalized spacial score (nSPS) is 11.0. The SMILES string of the molecule is COc1cc(C(=O)O)ccc1CCNC(=O)Cc1ccc(OC(F)(F)F)cc1. The largest absolute Gasteiger partial charge is 0.573 e. The molecule has 2 aromatic carbocycles. The second kappa shape index (κ2) is 9.12. The lowest BCUT2D eigenvalue weighted by molar-refractivity contribution is -0.274. The van der Waals surface area contributed by atoms with Crippen LogP contribution in [0, 0.1) is 0 Å². The van der Waals surface area contributed by atoms with Crippen molar-refractivity contribution in [3.8, 4) is 11.5 Å². The summed E-state index contributed by atoms with van der Waals surface area (Å²) >= 11 is 0. The number of carbonyl (C=O) groups is 2. The van der Waals surface area contributed by atoms with Gasteiger partial charge >= 0.3 is 12.3 Å². The zero-order valence-corrected chi connectivity index (χ0v) is 14.9. The Morgan fingerprint density at radius 3 is 2.36 bits per heavy atom. The lowest BCUT2D eigenvalue weighted by Crippen LogP contribution is -2.27. The number of benzene rings is 2. The number of hydrogen-bond donors (Lipinski definition) is 2. The summed E-state index contributed by atoms with van der Waals surface area (Å²) in [6, 6.07) is 9.53. The first-order valence-electron chi connectivity index (χ1n) is 8.19. The van der Waals surface area contributed by atoms with Crippen molar-refractivity contribution in [2.75, 3.05) is 13.7 Å². The molecule has 0 aliphatic rings. The quantitative estimate of drug-likeness (QED) is 0.715. The minimum Gasteiger partial charge on any atom is -0.496 e. The average Bonchev–Trinajstić information content (AvgIpc) is 2.62. The molecule has 0 saturated carbocycles. The van der Waals surface area contributed by atoms with E-state index in [1.807, 2.05) is 0 Å². The number of methoxy groups -OCH3 is 1. The van der Waals surface area contributed by atoms with Gasteiger partial charge in [-0.15, -0.1) is 13.2 Å². The van der Waals surface area contributed by atoms with Gasteiger partial charge < -0.3 is 19.9 Å². The predicted molar refractivity (Wildman–Crippen MR) is 93.5 cm³/mol. The molecule has 0 aromatic heterocycles. The number of aromatic carboxylic acids is 1. The van der Waals surface area contributed by atoms with E-state index in [9.17, 15) is 22.8 Å². The van der Waals surface area contributed by atoms with Gasteiger partial charge in [0.2, 0.25) is 5.91 Å². The summed E-state index contributed by atoms with van der Waals surface area (Å²) in [6.45, 7) is 0.289. The van der Waals surface area contributed by atoms with Crippen molar-refractivity contribution in [2.24, 2.45) is 0 Å². The summed E-state index contributed by atoms with van der Waals surface area (Å²) in [7, 11) is 1.43. The predicted octanol–water partition coefficient (Wildman–Crippen LogP) is 3.19. The highest BCUT2D eigenvalue weighted by molar-refractivity contribution is 5.88. The van der Waals surface area contributed by atoms with E-state index >= 15 is 0 Å². The number of nitrogens with one attached hydrogen (secondary N) is 1. The first kappa shape index (κ1) is 21.1. The summed E-state index contributed by atoms with van der Waals surface area (Å²) in [4.78, 5) is 23.0. The molecule has 9 heteroatoms. The highest BCUT2D eigenvalue weighted by atomic mass is 19.4. The Balaban J connectivity index is 1.85. The lowest BCUT2D eigenvalue weighted by atomic mass is 10.1. The number of rotatable bonds is 8. The Kier molecular flexibility index (Phi) is 6.86. The Morgan fingerprint density at radius 1 is 1.11 bits per heavy atom. The fraction of sp³-hybridized carbons (Fsp3) is 0.263. The van der Waals surface area contributed by atoms with E-state index in [1.54, 1.807) is 6.07 Å². The van der Waals surface area contributed by atoms with Gasteiger partial charge in [0, 0.05) is 6.54 Å². The fourth-order valence-electron chi connectivity index (χ4n) is 2.48. The van der Waals surface area contributed by atoms with Crippen LogP contribution in [0.3, 0.4) is 0 Å². The van der Waals surface area contributed by atoms with Crippen LogP contribution in [0.2, 0.25) is 0 Å². The molecule has 0 aliphatic heterocycles. The molecular weight excluding hydrogens is 379 g/mol. The van der Waals surface area contributed by atoms with Crippen LogP contribution in [0.15, 0.2) is 42.5 Å². The van der Waals surface area contributed by atoms with E-state index < -0.39 is 12.3 Å². The molecule has 1 amide bonds. The van der Waals surface area contributed by atoms with Gasteiger partial charge in [0.05, 0.1) is 19.1 Å². The maximum absolute atomic E-state index is 12.1. The number of amides is 1. The number of alkyl halides is 3. The van der Waals surface area contributed by atoms with Crippen LogP contribution >= 0.6 is 0 Å². The van der Waals surface area contributed by atoms with Gasteiger partial charge in [-0.1, -0.05) is 18.2 Å². The van der Waals surface area contributed by atoms with Crippen molar-refractivity contribution in [3.05, 3.63) is 59.2 Å². The Labute approximate surface area is 158 Å². The van der Waals surface area contributed by atoms with Crippen molar-refractivity contribution in [1.82, 2.24) is 5.32 Å². The van der Waals surface area contributed by atoms with Crippen molar-refractivity contribution in [3.63, 3.8) is 0 Å². The molecule has 0 unspecified atom stereocenters. The molecule has 0 atom stereocenters. The second-order valence-electron chi connectivity index (χ2n) is 5.80. The van der Waals surface area contributed by atoms with Crippen LogP contribution in [0.25, 0.3) is 0 Å². The maximum atomic E-state index is 12.1. The third-order valence-electron chi connectivity index (χ3n) is 3.77. The average molecular weight is 397 g/mol. The first-order chi connectivity index (χ1) is 13.2. The molecule has 0 radical (unpaired) electrons. The number of carbonyl (C=O) groups excluding carboxylic acids is 1. The van der Waals surface area contributed by atoms with E-state index in [4.69, 9.17) is 9.84 Å². The van der Waals surface area contributed by atoms with Gasteiger partial charge in [-0.25, -0.2) is 4.79 Å². The van der Waals surface area contributed by atoms with Crippen LogP contribution in [-0.2, 0) is 17.6 Å². The molecule has 6 nitrogen and oxygen atoms in total. The van der Waals surface area contributed by atoms with Crippen LogP contribution < -0.4 is 14.8 Å². The molecule has 0 spiro atoms. The van der Waals surface area contributed by atoms with Crippen LogP contribution in [-0.4, -0.2) is 37.0 Å². The minimum atomic E-state index is -4.76. The minimum absolute atomic E-state index is 0.00137. The Bertz CT molecular complexity index is 834. The highest BCUT2D eigenvalue weighted by Crippen LogP contribution is 2.23. The number of carboxylic acid groups (broad SMARTS) is 1. The molecule has 0 heterocycles. The molecule has 0 bridgehead atoms. The van der Waals surface area contributed by atoms with E-state index in [2.05, 4.69) is 10.1 Å². The molecular formula is C19H18F3NO5. The molecule has 2 aromatic rings. The van der Waals surface area contributed by atoms with Crippen LogP contribution in [0.5, 0.6) is 11.5 Å². The molecule has 28 heavy (non-hydrogen) atoms. The zero-order valence-electron chi connectivity index (χ0n) is 14.9. The van der Waals surface area contributed by atoms with Crippen molar-refractivity contribution in [2.45, 2.75) is 19.2 Å². The lowest BCUT2D eigenvalue weighted by Gasteiger charge is -2.11. The molecule has 0 aliphatic carbocycles. The Morgan fingerprint density at radius 2 is 1.79 bits per heavy atom. The number of ether oxygens (including phenoxy) is 2. The maximum Gasteiger partial charge on any atom is 0.573 e. The monoisotopic (exact) mass is 397 g/mol. The van der Waals surface area contributed by atoms with E-state index in [-0.39, 0.29) is 30.2 Å². The molecule has 0 saturated heterocycles. The van der Waals surface area contributed by atoms with E-state index in [0.29, 0.717) is 17.7 Å². The van der Waals surface area contributed by atoms with Gasteiger partial charge in [-0.3, -0.25) is 4.79 Å². The van der Waals surface area contributed by atoms with Gasteiger partial charge in [-0.2, -0.15) is 0 Å². The van der Waals surface area contributed by atoms with Gasteiger partial charge in [0.15, 0.2) is 0 Å². The third kappa shape index (κ3) is 6.49. The topological polar surface area (TPSA) is 84.9 Å². The van der Waals surface area contributed by atoms with Gasteiger partial charge in [0.1, 0.15) is 11.5 Å². The summed E-state index contributed by atoms with van der Waals surface area (Å²) in [5.74, 6) is -1.31. The molecule has 150 valence electrons. The summed E-state index contributed by atoms with van der Waals surface area (Å²) in [6.07, 6.45) is -4.34. The molecule has 2 N–H and O–H groups in total. The standard InChI is InChI=1S/C19H18F3NO5/c1-27-16-11-14(18(25)26)5-4-13(16)8-9-23-17(24)10-12-2-6-15(7-3-12)28-19(20,21)22/h2-7,11H,8-10H2,1H3,(H,23,24)(H,25,26). The van der Waals surface area contributed by atoms with Gasteiger partial charge in [0.25, 0.3) is 0 Å². The van der Waals surface area contributed by atoms with Crippen molar-refractivity contribution >= 4 is 11.9 Å². The summed E-state index contributed by atoms with van der Waals surface area (Å²) < 4.78 is 45.3. The van der Waals surface area contributed by atoms with Gasteiger partial charge in [-0.05, 0) is 41.8 Å². The van der Waals surface area contributed by atoms with Crippen molar-refractivity contribution in [1.29, 1.82) is 0 Å². The van der Waals surface area contributed by atoms with E-state index in [1.165, 1.54) is 31.4 Å². The smallest absolute Gasteiger partial charge is 0.496 e. The number of hydrogen-bond acceptors (Lipinski definition) is 4. The number of halogens is 3. The fourth-order valence-corrected chi connectivity index (χ4v) is 2.48.